The number of aromatic nitrogens is 1. The van der Waals surface area contributed by atoms with Crippen LogP contribution in [0.15, 0.2) is 18.3 Å². The van der Waals surface area contributed by atoms with Gasteiger partial charge in [0.05, 0.1) is 0 Å². The standard InChI is InChI=1S/C14H25N3/c1-4-5-6-8-14(2,3)11-17-13-10-12(15)7-9-16-13/h7,9-10H,4-6,8,11H2,1-3H3,(H3,15,16,17). The Bertz CT molecular complexity index is 334. The Morgan fingerprint density at radius 3 is 2.76 bits per heavy atom. The number of pyridine rings is 1. The fraction of sp³-hybridized carbons (Fsp3) is 0.643. The van der Waals surface area contributed by atoms with Gasteiger partial charge in [-0.05, 0) is 17.9 Å². The molecular formula is C14H25N3. The molecule has 96 valence electrons. The van der Waals surface area contributed by atoms with Crippen molar-refractivity contribution in [3.63, 3.8) is 0 Å². The van der Waals surface area contributed by atoms with Crippen molar-refractivity contribution >= 4 is 11.5 Å². The van der Waals surface area contributed by atoms with Crippen LogP contribution in [0.2, 0.25) is 0 Å². The summed E-state index contributed by atoms with van der Waals surface area (Å²) in [6.45, 7) is 7.76. The summed E-state index contributed by atoms with van der Waals surface area (Å²) in [4.78, 5) is 4.25. The number of nitrogens with two attached hydrogens (primary N) is 1. The molecule has 0 aliphatic rings. The molecule has 0 saturated heterocycles. The topological polar surface area (TPSA) is 50.9 Å². The van der Waals surface area contributed by atoms with Gasteiger partial charge in [-0.25, -0.2) is 4.98 Å². The van der Waals surface area contributed by atoms with E-state index in [0.717, 1.165) is 18.1 Å². The van der Waals surface area contributed by atoms with Crippen molar-refractivity contribution < 1.29 is 0 Å². The van der Waals surface area contributed by atoms with Crippen LogP contribution in [0.3, 0.4) is 0 Å². The first-order valence-corrected chi connectivity index (χ1v) is 6.49. The highest BCUT2D eigenvalue weighted by Gasteiger charge is 2.16. The van der Waals surface area contributed by atoms with Crippen LogP contribution in [0.5, 0.6) is 0 Å². The van der Waals surface area contributed by atoms with Crippen molar-refractivity contribution in [1.29, 1.82) is 0 Å². The fourth-order valence-corrected chi connectivity index (χ4v) is 1.82. The molecule has 0 unspecified atom stereocenters. The molecule has 3 nitrogen and oxygen atoms in total. The third-order valence-electron chi connectivity index (χ3n) is 2.99. The first-order chi connectivity index (χ1) is 8.03. The molecule has 3 heteroatoms. The normalized spacial score (nSPS) is 11.5. The summed E-state index contributed by atoms with van der Waals surface area (Å²) in [7, 11) is 0. The van der Waals surface area contributed by atoms with Crippen LogP contribution in [-0.4, -0.2) is 11.5 Å². The van der Waals surface area contributed by atoms with Gasteiger partial charge in [-0.3, -0.25) is 0 Å². The van der Waals surface area contributed by atoms with Crippen molar-refractivity contribution in [2.75, 3.05) is 17.6 Å². The summed E-state index contributed by atoms with van der Waals surface area (Å²) in [5.74, 6) is 0.869. The number of anilines is 2. The summed E-state index contributed by atoms with van der Waals surface area (Å²) in [5, 5.41) is 3.36. The molecule has 0 aromatic carbocycles. The lowest BCUT2D eigenvalue weighted by atomic mass is 9.87. The highest BCUT2D eigenvalue weighted by Crippen LogP contribution is 2.24. The van der Waals surface area contributed by atoms with E-state index in [4.69, 9.17) is 5.73 Å². The quantitative estimate of drug-likeness (QED) is 0.709. The molecule has 0 spiro atoms. The molecule has 0 saturated carbocycles. The van der Waals surface area contributed by atoms with Gasteiger partial charge < -0.3 is 11.1 Å². The van der Waals surface area contributed by atoms with Crippen LogP contribution < -0.4 is 11.1 Å². The minimum atomic E-state index is 0.307. The van der Waals surface area contributed by atoms with Gasteiger partial charge in [0.2, 0.25) is 0 Å². The van der Waals surface area contributed by atoms with Crippen LogP contribution in [0.4, 0.5) is 11.5 Å². The Morgan fingerprint density at radius 2 is 2.12 bits per heavy atom. The van der Waals surface area contributed by atoms with Crippen molar-refractivity contribution in [2.45, 2.75) is 46.5 Å². The highest BCUT2D eigenvalue weighted by molar-refractivity contribution is 5.48. The molecule has 3 N–H and O–H groups in total. The minimum Gasteiger partial charge on any atom is -0.399 e. The number of hydrogen-bond donors (Lipinski definition) is 2. The number of unbranched alkanes of at least 4 members (excludes halogenated alkanes) is 2. The Hall–Kier alpha value is -1.25. The zero-order valence-electron chi connectivity index (χ0n) is 11.3. The molecule has 1 heterocycles. The Balaban J connectivity index is 2.38. The lowest BCUT2D eigenvalue weighted by Gasteiger charge is -2.25. The number of nitrogens with one attached hydrogen (secondary N) is 1. The molecule has 0 fully saturated rings. The first kappa shape index (κ1) is 13.8. The molecule has 1 aromatic rings. The number of nitrogen functional groups attached to an aromatic ring is 1. The fourth-order valence-electron chi connectivity index (χ4n) is 1.82. The lowest BCUT2D eigenvalue weighted by Crippen LogP contribution is -2.23. The Morgan fingerprint density at radius 1 is 1.35 bits per heavy atom. The summed E-state index contributed by atoms with van der Waals surface area (Å²) < 4.78 is 0. The average molecular weight is 235 g/mol. The van der Waals surface area contributed by atoms with Crippen molar-refractivity contribution in [1.82, 2.24) is 4.98 Å². The summed E-state index contributed by atoms with van der Waals surface area (Å²) in [6.07, 6.45) is 6.88. The smallest absolute Gasteiger partial charge is 0.127 e. The lowest BCUT2D eigenvalue weighted by molar-refractivity contribution is 0.342. The largest absolute Gasteiger partial charge is 0.399 e. The summed E-state index contributed by atoms with van der Waals surface area (Å²) >= 11 is 0. The van der Waals surface area contributed by atoms with Gasteiger partial charge in [-0.15, -0.1) is 0 Å². The van der Waals surface area contributed by atoms with E-state index in [9.17, 15) is 0 Å². The van der Waals surface area contributed by atoms with Crippen LogP contribution >= 0.6 is 0 Å². The zero-order valence-corrected chi connectivity index (χ0v) is 11.3. The molecule has 0 radical (unpaired) electrons. The summed E-state index contributed by atoms with van der Waals surface area (Å²) in [5.41, 5.74) is 6.78. The maximum Gasteiger partial charge on any atom is 0.127 e. The predicted octanol–water partition coefficient (Wildman–Crippen LogP) is 3.68. The first-order valence-electron chi connectivity index (χ1n) is 6.49. The third-order valence-corrected chi connectivity index (χ3v) is 2.99. The molecule has 0 aliphatic carbocycles. The maximum atomic E-state index is 5.72. The van der Waals surface area contributed by atoms with E-state index in [2.05, 4.69) is 31.1 Å². The van der Waals surface area contributed by atoms with E-state index in [0.29, 0.717) is 5.41 Å². The second-order valence-electron chi connectivity index (χ2n) is 5.45. The van der Waals surface area contributed by atoms with Gasteiger partial charge in [0.15, 0.2) is 0 Å². The molecule has 17 heavy (non-hydrogen) atoms. The SMILES string of the molecule is CCCCCC(C)(C)CNc1cc(N)ccn1. The number of nitrogens with zero attached hydrogens (tertiary/aromatic N) is 1. The zero-order chi connectivity index (χ0) is 12.7. The Kier molecular flexibility index (Phi) is 5.26. The van der Waals surface area contributed by atoms with E-state index in [1.54, 1.807) is 12.3 Å². The van der Waals surface area contributed by atoms with E-state index in [-0.39, 0.29) is 0 Å². The molecule has 1 aromatic heterocycles. The van der Waals surface area contributed by atoms with Gasteiger partial charge >= 0.3 is 0 Å². The molecular weight excluding hydrogens is 210 g/mol. The minimum absolute atomic E-state index is 0.307. The Labute approximate surface area is 105 Å². The highest BCUT2D eigenvalue weighted by atomic mass is 15.0. The predicted molar refractivity (Wildman–Crippen MR) is 75.1 cm³/mol. The van der Waals surface area contributed by atoms with Crippen LogP contribution in [0.25, 0.3) is 0 Å². The van der Waals surface area contributed by atoms with Gasteiger partial charge in [0.25, 0.3) is 0 Å². The van der Waals surface area contributed by atoms with Crippen LogP contribution in [0.1, 0.15) is 46.5 Å². The van der Waals surface area contributed by atoms with E-state index in [1.807, 2.05) is 6.07 Å². The van der Waals surface area contributed by atoms with Gasteiger partial charge in [0, 0.05) is 24.5 Å². The number of hydrogen-bond acceptors (Lipinski definition) is 3. The maximum absolute atomic E-state index is 5.72. The second kappa shape index (κ2) is 6.48. The van der Waals surface area contributed by atoms with Crippen molar-refractivity contribution in [3.8, 4) is 0 Å². The van der Waals surface area contributed by atoms with Gasteiger partial charge in [0.1, 0.15) is 5.82 Å². The summed E-state index contributed by atoms with van der Waals surface area (Å²) in [6, 6.07) is 3.68. The molecule has 0 bridgehead atoms. The van der Waals surface area contributed by atoms with E-state index < -0.39 is 0 Å². The molecule has 0 atom stereocenters. The molecule has 0 aliphatic heterocycles. The second-order valence-corrected chi connectivity index (χ2v) is 5.45. The average Bonchev–Trinajstić information content (AvgIpc) is 2.27. The van der Waals surface area contributed by atoms with Crippen LogP contribution in [0, 0.1) is 5.41 Å². The third kappa shape index (κ3) is 5.57. The van der Waals surface area contributed by atoms with Crippen molar-refractivity contribution in [2.24, 2.45) is 5.41 Å². The van der Waals surface area contributed by atoms with Crippen molar-refractivity contribution in [3.05, 3.63) is 18.3 Å². The van der Waals surface area contributed by atoms with E-state index >= 15 is 0 Å². The monoisotopic (exact) mass is 235 g/mol. The number of rotatable bonds is 7. The van der Waals surface area contributed by atoms with Crippen LogP contribution in [-0.2, 0) is 0 Å². The molecule has 0 amide bonds. The van der Waals surface area contributed by atoms with Gasteiger partial charge in [-0.2, -0.15) is 0 Å². The molecule has 1 rings (SSSR count). The van der Waals surface area contributed by atoms with Gasteiger partial charge in [-0.1, -0.05) is 40.0 Å². The van der Waals surface area contributed by atoms with E-state index in [1.165, 1.54) is 25.7 Å².